The van der Waals surface area contributed by atoms with Crippen molar-refractivity contribution in [3.8, 4) is 5.75 Å². The molecule has 0 fully saturated rings. The normalized spacial score (nSPS) is 15.5. The lowest BCUT2D eigenvalue weighted by Gasteiger charge is -2.48. The van der Waals surface area contributed by atoms with E-state index >= 15 is 0 Å². The predicted octanol–water partition coefficient (Wildman–Crippen LogP) is 5.80. The third-order valence-corrected chi connectivity index (χ3v) is 7.64. The van der Waals surface area contributed by atoms with Crippen molar-refractivity contribution in [1.29, 1.82) is 0 Å². The summed E-state index contributed by atoms with van der Waals surface area (Å²) in [4.78, 5) is 40.5. The molecule has 1 N–H and O–H groups in total. The molecule has 40 heavy (non-hydrogen) atoms. The number of phenolic OH excluding ortho intramolecular Hbond substituents is 1. The fourth-order valence-electron chi connectivity index (χ4n) is 6.62. The molecule has 0 saturated heterocycles. The number of amides is 2. The van der Waals surface area contributed by atoms with Crippen LogP contribution in [0.5, 0.6) is 5.75 Å². The van der Waals surface area contributed by atoms with E-state index < -0.39 is 5.54 Å². The van der Waals surface area contributed by atoms with E-state index in [0.717, 1.165) is 29.4 Å². The fourth-order valence-corrected chi connectivity index (χ4v) is 6.62. The van der Waals surface area contributed by atoms with Gasteiger partial charge in [0.25, 0.3) is 11.8 Å². The smallest absolute Gasteiger partial charge is 0.253 e. The molecule has 1 unspecified atom stereocenters. The van der Waals surface area contributed by atoms with Crippen LogP contribution >= 0.6 is 0 Å². The summed E-state index contributed by atoms with van der Waals surface area (Å²) < 4.78 is 0. The second-order valence-corrected chi connectivity index (χ2v) is 12.3. The van der Waals surface area contributed by atoms with Gasteiger partial charge < -0.3 is 5.11 Å². The van der Waals surface area contributed by atoms with Gasteiger partial charge in [0.2, 0.25) is 0 Å². The minimum atomic E-state index is -0.849. The summed E-state index contributed by atoms with van der Waals surface area (Å²) in [6.07, 6.45) is 4.28. The first-order chi connectivity index (χ1) is 18.9. The molecule has 6 heteroatoms. The summed E-state index contributed by atoms with van der Waals surface area (Å²) in [5.41, 5.74) is 1.90. The van der Waals surface area contributed by atoms with E-state index in [1.54, 1.807) is 12.1 Å². The number of carbonyl (C=O) groups is 3. The van der Waals surface area contributed by atoms with Gasteiger partial charge in [0.05, 0.1) is 5.54 Å². The van der Waals surface area contributed by atoms with Gasteiger partial charge in [-0.05, 0) is 53.1 Å². The van der Waals surface area contributed by atoms with Crippen LogP contribution in [-0.2, 0) is 15.1 Å². The topological polar surface area (TPSA) is 77.9 Å². The number of hydrogen-bond donors (Lipinski definition) is 1. The van der Waals surface area contributed by atoms with Gasteiger partial charge >= 0.3 is 0 Å². The van der Waals surface area contributed by atoms with Gasteiger partial charge in [-0.15, -0.1) is 0 Å². The van der Waals surface area contributed by atoms with Crippen LogP contribution in [0.1, 0.15) is 61.2 Å². The van der Waals surface area contributed by atoms with Crippen LogP contribution in [0.25, 0.3) is 0 Å². The van der Waals surface area contributed by atoms with E-state index in [-0.39, 0.29) is 28.4 Å². The maximum Gasteiger partial charge on any atom is 0.253 e. The Labute approximate surface area is 236 Å². The Balaban J connectivity index is 1.80. The highest BCUT2D eigenvalue weighted by Gasteiger charge is 2.44. The molecule has 6 nitrogen and oxygen atoms in total. The Bertz CT molecular complexity index is 1390. The third-order valence-electron chi connectivity index (χ3n) is 7.64. The molecule has 208 valence electrons. The van der Waals surface area contributed by atoms with Gasteiger partial charge in [-0.3, -0.25) is 24.2 Å². The molecule has 0 saturated carbocycles. The molecule has 3 aromatic carbocycles. The molecule has 0 radical (unpaired) electrons. The van der Waals surface area contributed by atoms with E-state index in [1.807, 2.05) is 54.6 Å². The summed E-state index contributed by atoms with van der Waals surface area (Å²) >= 11 is 0. The molecule has 0 aromatic heterocycles. The van der Waals surface area contributed by atoms with E-state index in [1.165, 1.54) is 17.1 Å². The number of hydrogen-bond acceptors (Lipinski definition) is 5. The zero-order valence-corrected chi connectivity index (χ0v) is 23.9. The maximum absolute atomic E-state index is 12.4. The highest BCUT2D eigenvalue weighted by Crippen LogP contribution is 2.46. The number of carbonyl (C=O) groups excluding carboxylic acids is 3. The number of aromatic hydroxyl groups is 1. The summed E-state index contributed by atoms with van der Waals surface area (Å²) in [6, 6.07) is 24.9. The monoisotopic (exact) mass is 538 g/mol. The van der Waals surface area contributed by atoms with Crippen molar-refractivity contribution in [2.24, 2.45) is 10.8 Å². The van der Waals surface area contributed by atoms with Crippen molar-refractivity contribution in [3.05, 3.63) is 113 Å². The molecule has 1 heterocycles. The fraction of sp³-hybridized carbons (Fsp3) is 0.324. The van der Waals surface area contributed by atoms with Gasteiger partial charge in [0.1, 0.15) is 12.0 Å². The van der Waals surface area contributed by atoms with Gasteiger partial charge in [-0.1, -0.05) is 94.4 Å². The second kappa shape index (κ2) is 11.2. The number of rotatable bonds is 11. The SMILES string of the molecule is CN(CC(C)(C)CC(C)(C)CN1C(=O)C=CC1=O)C(c1ccccc1)(c1ccc(O)cc1)c1ccccc1C=O. The van der Waals surface area contributed by atoms with Gasteiger partial charge in [0, 0.05) is 30.8 Å². The first kappa shape index (κ1) is 29.0. The number of imide groups is 1. The van der Waals surface area contributed by atoms with Crippen molar-refractivity contribution in [3.63, 3.8) is 0 Å². The van der Waals surface area contributed by atoms with E-state index in [4.69, 9.17) is 0 Å². The van der Waals surface area contributed by atoms with Crippen molar-refractivity contribution >= 4 is 18.1 Å². The van der Waals surface area contributed by atoms with Crippen LogP contribution in [0, 0.1) is 10.8 Å². The van der Waals surface area contributed by atoms with Crippen molar-refractivity contribution in [1.82, 2.24) is 9.80 Å². The van der Waals surface area contributed by atoms with Crippen LogP contribution in [0.2, 0.25) is 0 Å². The Morgan fingerprint density at radius 3 is 1.93 bits per heavy atom. The van der Waals surface area contributed by atoms with E-state index in [0.29, 0.717) is 18.7 Å². The summed E-state index contributed by atoms with van der Waals surface area (Å²) in [7, 11) is 2.06. The molecular weight excluding hydrogens is 500 g/mol. The maximum atomic E-state index is 12.4. The zero-order valence-electron chi connectivity index (χ0n) is 23.9. The number of aldehydes is 1. The molecule has 0 bridgehead atoms. The van der Waals surface area contributed by atoms with Crippen LogP contribution in [0.4, 0.5) is 0 Å². The standard InChI is InChI=1S/C34H38N2O4/c1-32(2,22-33(3,4)24-36-30(39)19-20-31(36)40)23-35(5)34(26-12-7-6-8-13-26,27-15-17-28(38)18-16-27)29-14-10-9-11-25(29)21-37/h6-21,38H,22-24H2,1-5H3. The molecule has 1 aliphatic heterocycles. The molecule has 2 amide bonds. The molecule has 1 aliphatic rings. The largest absolute Gasteiger partial charge is 0.508 e. The first-order valence-corrected chi connectivity index (χ1v) is 13.5. The molecule has 4 rings (SSSR count). The average Bonchev–Trinajstić information content (AvgIpc) is 3.21. The van der Waals surface area contributed by atoms with Crippen LogP contribution in [-0.4, -0.2) is 53.1 Å². The molecule has 0 spiro atoms. The van der Waals surface area contributed by atoms with E-state index in [9.17, 15) is 19.5 Å². The quantitative estimate of drug-likeness (QED) is 0.190. The summed E-state index contributed by atoms with van der Waals surface area (Å²) in [6.45, 7) is 9.50. The lowest BCUT2D eigenvalue weighted by Crippen LogP contribution is -2.51. The predicted molar refractivity (Wildman–Crippen MR) is 157 cm³/mol. The van der Waals surface area contributed by atoms with Crippen molar-refractivity contribution < 1.29 is 19.5 Å². The number of phenols is 1. The van der Waals surface area contributed by atoms with Gasteiger partial charge in [0.15, 0.2) is 0 Å². The Morgan fingerprint density at radius 2 is 1.32 bits per heavy atom. The third kappa shape index (κ3) is 5.77. The Kier molecular flexibility index (Phi) is 8.13. The van der Waals surface area contributed by atoms with Gasteiger partial charge in [-0.2, -0.15) is 0 Å². The first-order valence-electron chi connectivity index (χ1n) is 13.5. The molecule has 3 aromatic rings. The molecular formula is C34H38N2O4. The van der Waals surface area contributed by atoms with Gasteiger partial charge in [-0.25, -0.2) is 0 Å². The molecule has 0 aliphatic carbocycles. The van der Waals surface area contributed by atoms with Crippen molar-refractivity contribution in [2.75, 3.05) is 20.1 Å². The van der Waals surface area contributed by atoms with Crippen LogP contribution in [0.15, 0.2) is 91.0 Å². The Hall–Kier alpha value is -4.03. The summed E-state index contributed by atoms with van der Waals surface area (Å²) in [5.74, 6) is -0.373. The number of benzene rings is 3. The average molecular weight is 539 g/mol. The zero-order chi connectivity index (χ0) is 29.1. The highest BCUT2D eigenvalue weighted by molar-refractivity contribution is 6.12. The summed E-state index contributed by atoms with van der Waals surface area (Å²) in [5, 5.41) is 10.1. The lowest BCUT2D eigenvalue weighted by atomic mass is 9.71. The van der Waals surface area contributed by atoms with Crippen molar-refractivity contribution in [2.45, 2.75) is 39.7 Å². The van der Waals surface area contributed by atoms with E-state index in [2.05, 4.69) is 51.8 Å². The lowest BCUT2D eigenvalue weighted by molar-refractivity contribution is -0.138. The minimum absolute atomic E-state index is 0.166. The Morgan fingerprint density at radius 1 is 0.775 bits per heavy atom. The van der Waals surface area contributed by atoms with Crippen LogP contribution in [0.3, 0.4) is 0 Å². The second-order valence-electron chi connectivity index (χ2n) is 12.3. The molecule has 1 atom stereocenters. The van der Waals surface area contributed by atoms with Crippen LogP contribution < -0.4 is 0 Å². The minimum Gasteiger partial charge on any atom is -0.508 e. The highest BCUT2D eigenvalue weighted by atomic mass is 16.3. The number of nitrogens with zero attached hydrogens (tertiary/aromatic N) is 2.